The van der Waals surface area contributed by atoms with E-state index in [-0.39, 0.29) is 27.2 Å². The fourth-order valence-electron chi connectivity index (χ4n) is 1.69. The van der Waals surface area contributed by atoms with Gasteiger partial charge in [-0.25, -0.2) is 4.18 Å². The van der Waals surface area contributed by atoms with Crippen LogP contribution in [-0.2, 0) is 19.3 Å². The maximum atomic E-state index is 10.4. The number of ether oxygens (including phenoxy) is 1. The van der Waals surface area contributed by atoms with Gasteiger partial charge in [0.2, 0.25) is 0 Å². The molecule has 0 aromatic heterocycles. The van der Waals surface area contributed by atoms with Gasteiger partial charge in [0.25, 0.3) is 0 Å². The highest BCUT2D eigenvalue weighted by Crippen LogP contribution is 2.37. The summed E-state index contributed by atoms with van der Waals surface area (Å²) < 4.78 is 39.1. The highest BCUT2D eigenvalue weighted by molar-refractivity contribution is 7.80. The average Bonchev–Trinajstić information content (AvgIpc) is 2.34. The van der Waals surface area contributed by atoms with E-state index in [1.807, 2.05) is 13.8 Å². The van der Waals surface area contributed by atoms with Gasteiger partial charge in [0, 0.05) is 13.2 Å². The van der Waals surface area contributed by atoms with Crippen molar-refractivity contribution < 1.29 is 27.0 Å². The van der Waals surface area contributed by atoms with E-state index in [1.54, 1.807) is 0 Å². The third-order valence-corrected chi connectivity index (χ3v) is 5.86. The summed E-state index contributed by atoms with van der Waals surface area (Å²) in [5.41, 5.74) is 0. The molecular formula is C12H27O6PS. The maximum absolute atomic E-state index is 10.4. The second kappa shape index (κ2) is 11.8. The molecule has 0 rings (SSSR count). The second-order valence-corrected chi connectivity index (χ2v) is 8.57. The van der Waals surface area contributed by atoms with Crippen molar-refractivity contribution >= 4 is 18.3 Å². The number of aliphatic hydroxyl groups is 1. The molecule has 0 saturated heterocycles. The van der Waals surface area contributed by atoms with E-state index in [4.69, 9.17) is 14.4 Å². The molecule has 0 aromatic rings. The highest BCUT2D eigenvalue weighted by atomic mass is 32.3. The first-order chi connectivity index (χ1) is 9.35. The molecule has 0 fully saturated rings. The van der Waals surface area contributed by atoms with Crippen LogP contribution in [-0.4, -0.2) is 62.5 Å². The van der Waals surface area contributed by atoms with E-state index in [1.165, 1.54) is 0 Å². The molecule has 1 unspecified atom stereocenters. The first kappa shape index (κ1) is 20.2. The molecule has 122 valence electrons. The monoisotopic (exact) mass is 330 g/mol. The van der Waals surface area contributed by atoms with Gasteiger partial charge in [-0.2, -0.15) is 8.42 Å². The third-order valence-electron chi connectivity index (χ3n) is 2.55. The Hall–Kier alpha value is 0.220. The minimum absolute atomic E-state index is 0.0132. The lowest BCUT2D eigenvalue weighted by molar-refractivity contribution is 0.0798. The summed E-state index contributed by atoms with van der Waals surface area (Å²) in [4.78, 5) is 0. The van der Waals surface area contributed by atoms with Crippen LogP contribution >= 0.6 is 7.92 Å². The standard InChI is InChI=1S/C12H27O6PS/c1-12(2)17-7-4-10-19(9-3-6-13)11-5-8-18-20(14,15)16/h12-13H,3-11H2,1-2H3,(H,14,15,16). The van der Waals surface area contributed by atoms with Crippen molar-refractivity contribution in [2.45, 2.75) is 39.2 Å². The summed E-state index contributed by atoms with van der Waals surface area (Å²) in [5, 5.41) is 8.89. The topological polar surface area (TPSA) is 93.1 Å². The summed E-state index contributed by atoms with van der Waals surface area (Å²) in [6.07, 6.45) is 5.49. The van der Waals surface area contributed by atoms with Crippen molar-refractivity contribution in [1.82, 2.24) is 0 Å². The van der Waals surface area contributed by atoms with Gasteiger partial charge in [-0.3, -0.25) is 4.55 Å². The first-order valence-electron chi connectivity index (χ1n) is 6.92. The zero-order chi connectivity index (χ0) is 15.4. The van der Waals surface area contributed by atoms with E-state index in [0.29, 0.717) is 6.42 Å². The van der Waals surface area contributed by atoms with Crippen LogP contribution in [0.4, 0.5) is 0 Å². The van der Waals surface area contributed by atoms with Gasteiger partial charge in [0.15, 0.2) is 0 Å². The normalized spacial score (nSPS) is 13.8. The summed E-state index contributed by atoms with van der Waals surface area (Å²) in [6.45, 7) is 4.93. The van der Waals surface area contributed by atoms with Crippen LogP contribution < -0.4 is 0 Å². The lowest BCUT2D eigenvalue weighted by Gasteiger charge is -2.17. The fraction of sp³-hybridized carbons (Fsp3) is 1.00. The average molecular weight is 330 g/mol. The van der Waals surface area contributed by atoms with E-state index in [2.05, 4.69) is 4.18 Å². The van der Waals surface area contributed by atoms with Crippen molar-refractivity contribution in [2.75, 3.05) is 38.3 Å². The molecule has 1 atom stereocenters. The Morgan fingerprint density at radius 3 is 2.10 bits per heavy atom. The smallest absolute Gasteiger partial charge is 0.396 e. The van der Waals surface area contributed by atoms with Gasteiger partial charge in [-0.15, -0.1) is 7.92 Å². The van der Waals surface area contributed by atoms with Gasteiger partial charge in [0.1, 0.15) is 0 Å². The van der Waals surface area contributed by atoms with Gasteiger partial charge in [0.05, 0.1) is 12.7 Å². The molecule has 0 spiro atoms. The Balaban J connectivity index is 3.83. The minimum Gasteiger partial charge on any atom is -0.396 e. The van der Waals surface area contributed by atoms with E-state index < -0.39 is 10.4 Å². The fourth-order valence-corrected chi connectivity index (χ4v) is 4.43. The third kappa shape index (κ3) is 14.6. The van der Waals surface area contributed by atoms with E-state index >= 15 is 0 Å². The van der Waals surface area contributed by atoms with Crippen LogP contribution in [0.25, 0.3) is 0 Å². The Morgan fingerprint density at radius 2 is 1.60 bits per heavy atom. The predicted octanol–water partition coefficient (Wildman–Crippen LogP) is 1.88. The quantitative estimate of drug-likeness (QED) is 0.304. The number of aliphatic hydroxyl groups excluding tert-OH is 1. The molecule has 8 heteroatoms. The first-order valence-corrected chi connectivity index (χ1v) is 10.2. The van der Waals surface area contributed by atoms with Crippen molar-refractivity contribution in [3.8, 4) is 0 Å². The lowest BCUT2D eigenvalue weighted by Crippen LogP contribution is -2.08. The molecule has 0 amide bonds. The van der Waals surface area contributed by atoms with E-state index in [0.717, 1.165) is 37.9 Å². The van der Waals surface area contributed by atoms with Crippen LogP contribution in [0.3, 0.4) is 0 Å². The molecule has 0 bridgehead atoms. The number of rotatable bonds is 13. The SMILES string of the molecule is CC(C)OCCCP(CCCO)CCCOS(=O)(=O)O. The lowest BCUT2D eigenvalue weighted by atomic mass is 10.4. The Labute approximate surface area is 123 Å². The van der Waals surface area contributed by atoms with Crippen molar-refractivity contribution in [1.29, 1.82) is 0 Å². The molecule has 0 aliphatic rings. The summed E-state index contributed by atoms with van der Waals surface area (Å²) in [7, 11) is -4.56. The van der Waals surface area contributed by atoms with Crippen LogP contribution in [0.1, 0.15) is 33.1 Å². The molecule has 0 saturated carbocycles. The van der Waals surface area contributed by atoms with Crippen molar-refractivity contribution in [3.05, 3.63) is 0 Å². The summed E-state index contributed by atoms with van der Waals surface area (Å²) in [6, 6.07) is 0. The number of hydrogen-bond acceptors (Lipinski definition) is 5. The second-order valence-electron chi connectivity index (χ2n) is 4.80. The predicted molar refractivity (Wildman–Crippen MR) is 81.0 cm³/mol. The van der Waals surface area contributed by atoms with Gasteiger partial charge >= 0.3 is 10.4 Å². The van der Waals surface area contributed by atoms with Gasteiger partial charge < -0.3 is 9.84 Å². The molecule has 2 N–H and O–H groups in total. The minimum atomic E-state index is -4.32. The van der Waals surface area contributed by atoms with Gasteiger partial charge in [-0.05, 0) is 51.6 Å². The Kier molecular flexibility index (Phi) is 12.0. The van der Waals surface area contributed by atoms with Crippen LogP contribution in [0, 0.1) is 0 Å². The molecule has 0 radical (unpaired) electrons. The molecule has 0 heterocycles. The Morgan fingerprint density at radius 1 is 1.05 bits per heavy atom. The summed E-state index contributed by atoms with van der Waals surface area (Å²) in [5.74, 6) is 0. The van der Waals surface area contributed by atoms with Crippen molar-refractivity contribution in [3.63, 3.8) is 0 Å². The van der Waals surface area contributed by atoms with E-state index in [9.17, 15) is 8.42 Å². The zero-order valence-electron chi connectivity index (χ0n) is 12.3. The maximum Gasteiger partial charge on any atom is 0.397 e. The van der Waals surface area contributed by atoms with Crippen LogP contribution in [0.2, 0.25) is 0 Å². The molecule has 0 aliphatic heterocycles. The summed E-state index contributed by atoms with van der Waals surface area (Å²) >= 11 is 0. The molecule has 0 aromatic carbocycles. The zero-order valence-corrected chi connectivity index (χ0v) is 14.0. The largest absolute Gasteiger partial charge is 0.397 e. The molecule has 6 nitrogen and oxygen atoms in total. The van der Waals surface area contributed by atoms with Crippen molar-refractivity contribution in [2.24, 2.45) is 0 Å². The number of hydrogen-bond donors (Lipinski definition) is 2. The molecular weight excluding hydrogens is 303 g/mol. The highest BCUT2D eigenvalue weighted by Gasteiger charge is 2.09. The molecule has 20 heavy (non-hydrogen) atoms. The van der Waals surface area contributed by atoms with Crippen LogP contribution in [0.5, 0.6) is 0 Å². The van der Waals surface area contributed by atoms with Gasteiger partial charge in [-0.1, -0.05) is 0 Å². The molecule has 0 aliphatic carbocycles. The van der Waals surface area contributed by atoms with Crippen LogP contribution in [0.15, 0.2) is 0 Å². The Bertz CT molecular complexity index is 320.